The van der Waals surface area contributed by atoms with Crippen LogP contribution in [0.15, 0.2) is 0 Å². The highest BCUT2D eigenvalue weighted by Gasteiger charge is 2.39. The Labute approximate surface area is 181 Å². The molecule has 1 aliphatic rings. The molecule has 31 heavy (non-hydrogen) atoms. The third-order valence-corrected chi connectivity index (χ3v) is 5.63. The summed E-state index contributed by atoms with van der Waals surface area (Å²) in [4.78, 5) is 61.9. The van der Waals surface area contributed by atoms with E-state index in [1.807, 2.05) is 13.8 Å². The van der Waals surface area contributed by atoms with Crippen molar-refractivity contribution in [2.45, 2.75) is 77.5 Å². The minimum Gasteiger partial charge on any atom is -0.481 e. The van der Waals surface area contributed by atoms with Crippen molar-refractivity contribution in [1.29, 1.82) is 0 Å². The van der Waals surface area contributed by atoms with Gasteiger partial charge >= 0.3 is 11.9 Å². The number of nitrogens with one attached hydrogen (secondary N) is 2. The fraction of sp³-hybridized carbons (Fsp3) is 0.750. The first-order chi connectivity index (χ1) is 14.4. The van der Waals surface area contributed by atoms with E-state index in [0.717, 1.165) is 0 Å². The average molecular weight is 443 g/mol. The van der Waals surface area contributed by atoms with Crippen LogP contribution in [-0.4, -0.2) is 75.5 Å². The molecule has 5 unspecified atom stereocenters. The summed E-state index contributed by atoms with van der Waals surface area (Å²) in [7, 11) is 0. The summed E-state index contributed by atoms with van der Waals surface area (Å²) in [6, 6.07) is -4.22. The third-order valence-electron chi connectivity index (χ3n) is 5.63. The molecule has 0 spiro atoms. The summed E-state index contributed by atoms with van der Waals surface area (Å²) in [6.07, 6.45) is 0.753. The Morgan fingerprint density at radius 1 is 1.10 bits per heavy atom. The van der Waals surface area contributed by atoms with Crippen LogP contribution in [0.25, 0.3) is 0 Å². The molecule has 1 heterocycles. The lowest BCUT2D eigenvalue weighted by Crippen LogP contribution is -2.58. The molecule has 1 fully saturated rings. The van der Waals surface area contributed by atoms with Gasteiger partial charge in [-0.05, 0) is 24.7 Å². The van der Waals surface area contributed by atoms with Crippen LogP contribution in [0.4, 0.5) is 0 Å². The quantitative estimate of drug-likeness (QED) is 0.285. The number of amides is 3. The maximum Gasteiger partial charge on any atom is 0.326 e. The summed E-state index contributed by atoms with van der Waals surface area (Å²) < 4.78 is 0. The Balaban J connectivity index is 2.97. The maximum absolute atomic E-state index is 12.9. The van der Waals surface area contributed by atoms with Crippen molar-refractivity contribution in [3.63, 3.8) is 0 Å². The SMILES string of the molecule is CCC(C)C(NC(=O)C1CCCN1C(=O)C(N)C(C)C)C(=O)NC(CC(=O)O)C(=O)O. The fourth-order valence-electron chi connectivity index (χ4n) is 3.37. The van der Waals surface area contributed by atoms with Crippen LogP contribution in [0.5, 0.6) is 0 Å². The molecule has 0 saturated carbocycles. The van der Waals surface area contributed by atoms with Gasteiger partial charge in [-0.3, -0.25) is 19.2 Å². The molecule has 3 amide bonds. The molecule has 0 aliphatic carbocycles. The minimum atomic E-state index is -1.62. The lowest BCUT2D eigenvalue weighted by molar-refractivity contribution is -0.147. The Bertz CT molecular complexity index is 697. The summed E-state index contributed by atoms with van der Waals surface area (Å²) >= 11 is 0. The van der Waals surface area contributed by atoms with E-state index in [-0.39, 0.29) is 17.7 Å². The lowest BCUT2D eigenvalue weighted by atomic mass is 9.97. The maximum atomic E-state index is 12.9. The molecule has 1 rings (SSSR count). The van der Waals surface area contributed by atoms with Crippen LogP contribution >= 0.6 is 0 Å². The summed E-state index contributed by atoms with van der Waals surface area (Å²) in [5.74, 6) is -4.95. The average Bonchev–Trinajstić information content (AvgIpc) is 3.18. The van der Waals surface area contributed by atoms with E-state index in [0.29, 0.717) is 25.8 Å². The largest absolute Gasteiger partial charge is 0.481 e. The van der Waals surface area contributed by atoms with Crippen LogP contribution in [0, 0.1) is 11.8 Å². The van der Waals surface area contributed by atoms with Gasteiger partial charge in [0.2, 0.25) is 17.7 Å². The van der Waals surface area contributed by atoms with Crippen molar-refractivity contribution < 1.29 is 34.2 Å². The Hall–Kier alpha value is -2.69. The number of nitrogens with zero attached hydrogens (tertiary/aromatic N) is 1. The normalized spacial score (nSPS) is 19.9. The van der Waals surface area contributed by atoms with Crippen molar-refractivity contribution in [2.24, 2.45) is 17.6 Å². The molecule has 0 bridgehead atoms. The first kappa shape index (κ1) is 26.3. The molecule has 176 valence electrons. The van der Waals surface area contributed by atoms with Gasteiger partial charge in [0.15, 0.2) is 0 Å². The van der Waals surface area contributed by atoms with Gasteiger partial charge in [0.1, 0.15) is 18.1 Å². The van der Waals surface area contributed by atoms with E-state index in [9.17, 15) is 29.1 Å². The number of carbonyl (C=O) groups is 5. The molecule has 11 nitrogen and oxygen atoms in total. The highest BCUT2D eigenvalue weighted by molar-refractivity contribution is 5.95. The number of carboxylic acids is 2. The Morgan fingerprint density at radius 3 is 2.19 bits per heavy atom. The van der Waals surface area contributed by atoms with Gasteiger partial charge < -0.3 is 31.5 Å². The highest BCUT2D eigenvalue weighted by atomic mass is 16.4. The number of carboxylic acid groups (broad SMARTS) is 2. The molecule has 5 atom stereocenters. The summed E-state index contributed by atoms with van der Waals surface area (Å²) in [5, 5.41) is 22.9. The monoisotopic (exact) mass is 442 g/mol. The zero-order chi connectivity index (χ0) is 23.9. The third kappa shape index (κ3) is 7.20. The number of hydrogen-bond acceptors (Lipinski definition) is 6. The van der Waals surface area contributed by atoms with E-state index in [1.54, 1.807) is 13.8 Å². The molecular weight excluding hydrogens is 408 g/mol. The summed E-state index contributed by atoms with van der Waals surface area (Å²) in [5.41, 5.74) is 5.95. The van der Waals surface area contributed by atoms with E-state index in [2.05, 4.69) is 10.6 Å². The van der Waals surface area contributed by atoms with Gasteiger partial charge in [-0.2, -0.15) is 0 Å². The second kappa shape index (κ2) is 11.6. The van der Waals surface area contributed by atoms with Gasteiger partial charge in [-0.15, -0.1) is 0 Å². The smallest absolute Gasteiger partial charge is 0.326 e. The second-order valence-electron chi connectivity index (χ2n) is 8.33. The van der Waals surface area contributed by atoms with E-state index >= 15 is 0 Å². The van der Waals surface area contributed by atoms with Crippen LogP contribution < -0.4 is 16.4 Å². The molecule has 6 N–H and O–H groups in total. The molecule has 0 aromatic rings. The van der Waals surface area contributed by atoms with Crippen molar-refractivity contribution in [1.82, 2.24) is 15.5 Å². The highest BCUT2D eigenvalue weighted by Crippen LogP contribution is 2.20. The number of nitrogens with two attached hydrogens (primary N) is 1. The van der Waals surface area contributed by atoms with E-state index < -0.39 is 54.3 Å². The molecular formula is C20H34N4O7. The zero-order valence-electron chi connectivity index (χ0n) is 18.5. The van der Waals surface area contributed by atoms with Gasteiger partial charge in [0.05, 0.1) is 12.5 Å². The van der Waals surface area contributed by atoms with E-state index in [1.165, 1.54) is 4.90 Å². The number of rotatable bonds is 11. The van der Waals surface area contributed by atoms with Gasteiger partial charge in [-0.25, -0.2) is 4.79 Å². The van der Waals surface area contributed by atoms with Gasteiger partial charge in [0, 0.05) is 6.54 Å². The first-order valence-corrected chi connectivity index (χ1v) is 10.5. The predicted octanol–water partition coefficient (Wildman–Crippen LogP) is -0.464. The van der Waals surface area contributed by atoms with Gasteiger partial charge in [0.25, 0.3) is 0 Å². The van der Waals surface area contributed by atoms with Crippen molar-refractivity contribution >= 4 is 29.7 Å². The summed E-state index contributed by atoms with van der Waals surface area (Å²) in [6.45, 7) is 7.52. The van der Waals surface area contributed by atoms with Crippen molar-refractivity contribution in [3.05, 3.63) is 0 Å². The number of carbonyl (C=O) groups excluding carboxylic acids is 3. The molecule has 0 radical (unpaired) electrons. The number of aliphatic carboxylic acids is 2. The second-order valence-corrected chi connectivity index (χ2v) is 8.33. The molecule has 0 aromatic carbocycles. The predicted molar refractivity (Wildman–Crippen MR) is 111 cm³/mol. The van der Waals surface area contributed by atoms with Gasteiger partial charge in [-0.1, -0.05) is 34.1 Å². The molecule has 1 saturated heterocycles. The minimum absolute atomic E-state index is 0.0994. The first-order valence-electron chi connectivity index (χ1n) is 10.5. The van der Waals surface area contributed by atoms with Crippen LogP contribution in [0.2, 0.25) is 0 Å². The zero-order valence-corrected chi connectivity index (χ0v) is 18.5. The van der Waals surface area contributed by atoms with Crippen LogP contribution in [0.3, 0.4) is 0 Å². The standard InChI is InChI=1S/C20H34N4O7/c1-5-11(4)16(18(28)22-12(20(30)31)9-14(25)26)23-17(27)13-7-6-8-24(13)19(29)15(21)10(2)3/h10-13,15-16H,5-9,21H2,1-4H3,(H,22,28)(H,23,27)(H,25,26)(H,30,31). The van der Waals surface area contributed by atoms with E-state index in [4.69, 9.17) is 10.8 Å². The van der Waals surface area contributed by atoms with Crippen LogP contribution in [-0.2, 0) is 24.0 Å². The van der Waals surface area contributed by atoms with Crippen molar-refractivity contribution in [3.8, 4) is 0 Å². The topological polar surface area (TPSA) is 179 Å². The lowest BCUT2D eigenvalue weighted by Gasteiger charge is -2.31. The molecule has 11 heteroatoms. The fourth-order valence-corrected chi connectivity index (χ4v) is 3.37. The molecule has 0 aromatic heterocycles. The number of likely N-dealkylation sites (tertiary alicyclic amines) is 1. The Kier molecular flexibility index (Phi) is 9.89. The molecule has 1 aliphatic heterocycles. The number of hydrogen-bond donors (Lipinski definition) is 5. The van der Waals surface area contributed by atoms with Crippen LogP contribution in [0.1, 0.15) is 53.4 Å². The Morgan fingerprint density at radius 2 is 1.71 bits per heavy atom. The van der Waals surface area contributed by atoms with Crippen molar-refractivity contribution in [2.75, 3.05) is 6.54 Å².